The Morgan fingerprint density at radius 3 is 2.35 bits per heavy atom. The van der Waals surface area contributed by atoms with Crippen LogP contribution >= 0.6 is 0 Å². The summed E-state index contributed by atoms with van der Waals surface area (Å²) in [4.78, 5) is 0. The van der Waals surface area contributed by atoms with Gasteiger partial charge in [0.1, 0.15) is 5.75 Å². The summed E-state index contributed by atoms with van der Waals surface area (Å²) in [5.74, 6) is -2.59. The van der Waals surface area contributed by atoms with Gasteiger partial charge in [0.2, 0.25) is 0 Å². The predicted molar refractivity (Wildman–Crippen MR) is 76.2 cm³/mol. The van der Waals surface area contributed by atoms with Crippen LogP contribution in [0.5, 0.6) is 5.75 Å². The Labute approximate surface area is 117 Å². The highest BCUT2D eigenvalue weighted by atomic mass is 19.3. The molecular weight excluding hydrogens is 260 g/mol. The number of rotatable bonds is 4. The summed E-state index contributed by atoms with van der Waals surface area (Å²) in [6, 6.07) is 11.1. The van der Waals surface area contributed by atoms with E-state index in [1.807, 2.05) is 6.92 Å². The van der Waals surface area contributed by atoms with Gasteiger partial charge < -0.3 is 10.5 Å². The van der Waals surface area contributed by atoms with Gasteiger partial charge in [-0.2, -0.15) is 8.78 Å². The fourth-order valence-corrected chi connectivity index (χ4v) is 1.90. The minimum atomic E-state index is -3.02. The number of benzene rings is 2. The van der Waals surface area contributed by atoms with E-state index in [0.717, 1.165) is 11.1 Å². The van der Waals surface area contributed by atoms with Crippen LogP contribution in [0.3, 0.4) is 0 Å². The number of hydrogen-bond acceptors (Lipinski definition) is 2. The molecule has 106 valence electrons. The van der Waals surface area contributed by atoms with Crippen LogP contribution in [0, 0.1) is 13.8 Å². The molecule has 0 aromatic heterocycles. The van der Waals surface area contributed by atoms with Crippen molar-refractivity contribution in [3.05, 3.63) is 59.2 Å². The SMILES string of the molecule is Cc1cc(OCC(F)(F)c2ccccc2)c(C)cc1N. The fourth-order valence-electron chi connectivity index (χ4n) is 1.90. The lowest BCUT2D eigenvalue weighted by atomic mass is 10.1. The first-order valence-electron chi connectivity index (χ1n) is 6.33. The normalized spacial score (nSPS) is 11.4. The number of ether oxygens (including phenoxy) is 1. The lowest BCUT2D eigenvalue weighted by Gasteiger charge is -2.19. The van der Waals surface area contributed by atoms with Gasteiger partial charge in [-0.15, -0.1) is 0 Å². The van der Waals surface area contributed by atoms with Crippen LogP contribution in [0.2, 0.25) is 0 Å². The topological polar surface area (TPSA) is 35.2 Å². The molecule has 0 aliphatic rings. The average Bonchev–Trinajstić information content (AvgIpc) is 2.42. The molecule has 2 aromatic carbocycles. The van der Waals surface area contributed by atoms with E-state index in [-0.39, 0.29) is 5.56 Å². The summed E-state index contributed by atoms with van der Waals surface area (Å²) in [5.41, 5.74) is 7.90. The Hall–Kier alpha value is -2.10. The van der Waals surface area contributed by atoms with Gasteiger partial charge in [-0.3, -0.25) is 0 Å². The molecule has 0 fully saturated rings. The Kier molecular flexibility index (Phi) is 3.93. The molecule has 0 spiro atoms. The second kappa shape index (κ2) is 5.49. The highest BCUT2D eigenvalue weighted by Crippen LogP contribution is 2.30. The van der Waals surface area contributed by atoms with Crippen LogP contribution < -0.4 is 10.5 Å². The van der Waals surface area contributed by atoms with Crippen molar-refractivity contribution in [2.24, 2.45) is 0 Å². The molecule has 2 nitrogen and oxygen atoms in total. The maximum Gasteiger partial charge on any atom is 0.306 e. The summed E-state index contributed by atoms with van der Waals surface area (Å²) in [7, 11) is 0. The molecule has 2 rings (SSSR count). The molecule has 0 bridgehead atoms. The lowest BCUT2D eigenvalue weighted by Crippen LogP contribution is -2.23. The van der Waals surface area contributed by atoms with E-state index in [0.29, 0.717) is 11.4 Å². The highest BCUT2D eigenvalue weighted by molar-refractivity contribution is 5.53. The lowest BCUT2D eigenvalue weighted by molar-refractivity contribution is -0.0468. The van der Waals surface area contributed by atoms with Crippen LogP contribution in [-0.2, 0) is 5.92 Å². The van der Waals surface area contributed by atoms with Crippen molar-refractivity contribution in [3.63, 3.8) is 0 Å². The van der Waals surface area contributed by atoms with Crippen LogP contribution in [0.4, 0.5) is 14.5 Å². The molecule has 0 amide bonds. The third kappa shape index (κ3) is 3.07. The fraction of sp³-hybridized carbons (Fsp3) is 0.250. The minimum absolute atomic E-state index is 0.0511. The summed E-state index contributed by atoms with van der Waals surface area (Å²) in [6.45, 7) is 2.91. The van der Waals surface area contributed by atoms with E-state index >= 15 is 0 Å². The number of alkyl halides is 2. The first-order chi connectivity index (χ1) is 9.40. The molecule has 2 N–H and O–H groups in total. The third-order valence-electron chi connectivity index (χ3n) is 3.17. The summed E-state index contributed by atoms with van der Waals surface area (Å²) in [5, 5.41) is 0. The van der Waals surface area contributed by atoms with Gasteiger partial charge in [0.15, 0.2) is 6.61 Å². The maximum atomic E-state index is 14.0. The smallest absolute Gasteiger partial charge is 0.306 e. The van der Waals surface area contributed by atoms with Crippen molar-refractivity contribution in [2.75, 3.05) is 12.3 Å². The monoisotopic (exact) mass is 277 g/mol. The third-order valence-corrected chi connectivity index (χ3v) is 3.17. The van der Waals surface area contributed by atoms with E-state index in [4.69, 9.17) is 10.5 Å². The second-order valence-electron chi connectivity index (χ2n) is 4.83. The molecule has 0 radical (unpaired) electrons. The van der Waals surface area contributed by atoms with Crippen LogP contribution in [0.15, 0.2) is 42.5 Å². The molecular formula is C16H17F2NO. The first kappa shape index (κ1) is 14.3. The van der Waals surface area contributed by atoms with Gasteiger partial charge in [0.25, 0.3) is 0 Å². The van der Waals surface area contributed by atoms with Crippen LogP contribution in [0.1, 0.15) is 16.7 Å². The molecule has 0 heterocycles. The molecule has 0 atom stereocenters. The summed E-state index contributed by atoms with van der Waals surface area (Å²) < 4.78 is 33.3. The number of nitrogen functional groups attached to an aromatic ring is 1. The van der Waals surface area contributed by atoms with Gasteiger partial charge >= 0.3 is 5.92 Å². The van der Waals surface area contributed by atoms with Gasteiger partial charge in [-0.25, -0.2) is 0 Å². The zero-order valence-corrected chi connectivity index (χ0v) is 11.5. The van der Waals surface area contributed by atoms with E-state index < -0.39 is 12.5 Å². The number of halogens is 2. The standard InChI is InChI=1S/C16H17F2NO/c1-11-9-15(12(2)8-14(11)19)20-10-16(17,18)13-6-4-3-5-7-13/h3-9H,10,19H2,1-2H3. The van der Waals surface area contributed by atoms with Gasteiger partial charge in [-0.05, 0) is 37.1 Å². The number of hydrogen-bond donors (Lipinski definition) is 1. The minimum Gasteiger partial charge on any atom is -0.487 e. The van der Waals surface area contributed by atoms with Crippen LogP contribution in [-0.4, -0.2) is 6.61 Å². The number of aryl methyl sites for hydroxylation is 2. The molecule has 0 aliphatic heterocycles. The molecule has 0 saturated heterocycles. The van der Waals surface area contributed by atoms with Crippen molar-refractivity contribution in [1.82, 2.24) is 0 Å². The summed E-state index contributed by atoms with van der Waals surface area (Å²) >= 11 is 0. The molecule has 0 saturated carbocycles. The van der Waals surface area contributed by atoms with E-state index in [1.165, 1.54) is 12.1 Å². The first-order valence-corrected chi connectivity index (χ1v) is 6.33. The van der Waals surface area contributed by atoms with Crippen LogP contribution in [0.25, 0.3) is 0 Å². The van der Waals surface area contributed by atoms with E-state index in [9.17, 15) is 8.78 Å². The summed E-state index contributed by atoms with van der Waals surface area (Å²) in [6.07, 6.45) is 0. The van der Waals surface area contributed by atoms with Crippen molar-refractivity contribution in [1.29, 1.82) is 0 Å². The second-order valence-corrected chi connectivity index (χ2v) is 4.83. The largest absolute Gasteiger partial charge is 0.487 e. The molecule has 2 aromatic rings. The van der Waals surface area contributed by atoms with Crippen molar-refractivity contribution in [2.45, 2.75) is 19.8 Å². The van der Waals surface area contributed by atoms with E-state index in [2.05, 4.69) is 0 Å². The molecule has 0 unspecified atom stereocenters. The average molecular weight is 277 g/mol. The molecule has 20 heavy (non-hydrogen) atoms. The highest BCUT2D eigenvalue weighted by Gasteiger charge is 2.32. The van der Waals surface area contributed by atoms with Crippen molar-refractivity contribution >= 4 is 5.69 Å². The predicted octanol–water partition coefficient (Wildman–Crippen LogP) is 4.06. The van der Waals surface area contributed by atoms with Gasteiger partial charge in [-0.1, -0.05) is 30.3 Å². The maximum absolute atomic E-state index is 14.0. The Morgan fingerprint density at radius 1 is 1.05 bits per heavy atom. The zero-order valence-electron chi connectivity index (χ0n) is 11.5. The Bertz CT molecular complexity index is 597. The Balaban J connectivity index is 2.14. The molecule has 4 heteroatoms. The van der Waals surface area contributed by atoms with E-state index in [1.54, 1.807) is 37.3 Å². The Morgan fingerprint density at radius 2 is 1.70 bits per heavy atom. The number of anilines is 1. The van der Waals surface area contributed by atoms with Crippen molar-refractivity contribution < 1.29 is 13.5 Å². The van der Waals surface area contributed by atoms with Crippen molar-refractivity contribution in [3.8, 4) is 5.75 Å². The number of nitrogens with two attached hydrogens (primary N) is 1. The van der Waals surface area contributed by atoms with Gasteiger partial charge in [0, 0.05) is 11.3 Å². The van der Waals surface area contributed by atoms with Gasteiger partial charge in [0.05, 0.1) is 0 Å². The molecule has 0 aliphatic carbocycles. The quantitative estimate of drug-likeness (QED) is 0.855. The zero-order chi connectivity index (χ0) is 14.8.